The summed E-state index contributed by atoms with van der Waals surface area (Å²) in [4.78, 5) is 38.0. The Labute approximate surface area is 194 Å². The van der Waals surface area contributed by atoms with Crippen LogP contribution in [0, 0.1) is 10.1 Å². The molecular weight excluding hydrogens is 440 g/mol. The number of nitro groups is 1. The van der Waals surface area contributed by atoms with Crippen LogP contribution in [0.4, 0.5) is 11.4 Å². The molecule has 0 saturated carbocycles. The van der Waals surface area contributed by atoms with E-state index in [-0.39, 0.29) is 16.8 Å². The molecule has 9 nitrogen and oxygen atoms in total. The van der Waals surface area contributed by atoms with Crippen LogP contribution in [-0.4, -0.2) is 35.9 Å². The quantitative estimate of drug-likeness (QED) is 0.192. The van der Waals surface area contributed by atoms with E-state index in [4.69, 9.17) is 9.47 Å². The van der Waals surface area contributed by atoms with Crippen LogP contribution < -0.4 is 14.4 Å². The topological polar surface area (TPSA) is 119 Å². The van der Waals surface area contributed by atoms with Gasteiger partial charge in [-0.2, -0.15) is 0 Å². The molecule has 34 heavy (non-hydrogen) atoms. The van der Waals surface area contributed by atoms with Crippen LogP contribution in [0.3, 0.4) is 0 Å². The number of nitro benzene ring substituents is 1. The third kappa shape index (κ3) is 3.83. The molecule has 9 heteroatoms. The highest BCUT2D eigenvalue weighted by Crippen LogP contribution is 2.44. The Hall–Kier alpha value is -4.66. The van der Waals surface area contributed by atoms with Crippen molar-refractivity contribution < 1.29 is 29.1 Å². The first-order chi connectivity index (χ1) is 16.4. The normalized spacial score (nSPS) is 17.0. The zero-order valence-corrected chi connectivity index (χ0v) is 18.3. The molecule has 0 bridgehead atoms. The first-order valence-electron chi connectivity index (χ1n) is 10.2. The second kappa shape index (κ2) is 9.07. The van der Waals surface area contributed by atoms with E-state index in [0.29, 0.717) is 22.7 Å². The fourth-order valence-electron chi connectivity index (χ4n) is 3.92. The molecule has 1 N–H and O–H groups in total. The molecule has 1 atom stereocenters. The van der Waals surface area contributed by atoms with E-state index < -0.39 is 28.4 Å². The van der Waals surface area contributed by atoms with Crippen molar-refractivity contribution in [1.82, 2.24) is 0 Å². The second-order valence-electron chi connectivity index (χ2n) is 7.42. The van der Waals surface area contributed by atoms with Crippen LogP contribution >= 0.6 is 0 Å². The van der Waals surface area contributed by atoms with E-state index >= 15 is 0 Å². The molecule has 1 heterocycles. The molecule has 0 aliphatic carbocycles. The monoisotopic (exact) mass is 460 g/mol. The Balaban J connectivity index is 1.93. The van der Waals surface area contributed by atoms with Gasteiger partial charge in [-0.15, -0.1) is 0 Å². The van der Waals surface area contributed by atoms with E-state index in [9.17, 15) is 24.8 Å². The van der Waals surface area contributed by atoms with Gasteiger partial charge >= 0.3 is 0 Å². The SMILES string of the molecule is COc1ccc([C@H]2/C(=C(\O)c3ccc([N+](=O)[O-])cc3)C(=O)C(=O)N2c2ccccc2)cc1OC. The number of para-hydroxylation sites is 1. The number of rotatable bonds is 6. The first-order valence-corrected chi connectivity index (χ1v) is 10.2. The first kappa shape index (κ1) is 22.5. The number of aliphatic hydroxyl groups is 1. The number of amides is 1. The number of hydrogen-bond acceptors (Lipinski definition) is 7. The van der Waals surface area contributed by atoms with Gasteiger partial charge < -0.3 is 14.6 Å². The molecule has 1 amide bonds. The summed E-state index contributed by atoms with van der Waals surface area (Å²) < 4.78 is 10.7. The minimum atomic E-state index is -0.975. The zero-order chi connectivity index (χ0) is 24.4. The lowest BCUT2D eigenvalue weighted by atomic mass is 9.94. The summed E-state index contributed by atoms with van der Waals surface area (Å²) in [7, 11) is 2.95. The molecule has 0 radical (unpaired) electrons. The van der Waals surface area contributed by atoms with Gasteiger partial charge in [0.25, 0.3) is 17.4 Å². The van der Waals surface area contributed by atoms with Gasteiger partial charge in [-0.1, -0.05) is 24.3 Å². The number of nitrogens with zero attached hydrogens (tertiary/aromatic N) is 2. The minimum absolute atomic E-state index is 0.144. The third-order valence-corrected chi connectivity index (χ3v) is 5.55. The van der Waals surface area contributed by atoms with Crippen LogP contribution in [0.1, 0.15) is 17.2 Å². The maximum absolute atomic E-state index is 13.2. The number of ether oxygens (including phenoxy) is 2. The smallest absolute Gasteiger partial charge is 0.300 e. The average Bonchev–Trinajstić information content (AvgIpc) is 3.13. The molecule has 1 aliphatic rings. The molecule has 1 fully saturated rings. The molecule has 0 spiro atoms. The Morgan fingerprint density at radius 2 is 1.59 bits per heavy atom. The van der Waals surface area contributed by atoms with Gasteiger partial charge in [-0.3, -0.25) is 24.6 Å². The number of anilines is 1. The molecule has 3 aromatic carbocycles. The van der Waals surface area contributed by atoms with Gasteiger partial charge in [0.2, 0.25) is 0 Å². The number of aliphatic hydroxyl groups excluding tert-OH is 1. The summed E-state index contributed by atoms with van der Waals surface area (Å²) in [5.74, 6) is -1.28. The van der Waals surface area contributed by atoms with Gasteiger partial charge in [-0.25, -0.2) is 0 Å². The molecule has 1 saturated heterocycles. The van der Waals surface area contributed by atoms with Crippen molar-refractivity contribution in [1.29, 1.82) is 0 Å². The highest BCUT2D eigenvalue weighted by molar-refractivity contribution is 6.51. The van der Waals surface area contributed by atoms with Crippen molar-refractivity contribution >= 4 is 28.8 Å². The summed E-state index contributed by atoms with van der Waals surface area (Å²) in [6.07, 6.45) is 0. The van der Waals surface area contributed by atoms with Gasteiger partial charge in [0.1, 0.15) is 5.76 Å². The van der Waals surface area contributed by atoms with Crippen LogP contribution in [0.15, 0.2) is 78.4 Å². The number of carbonyl (C=O) groups excluding carboxylic acids is 2. The fraction of sp³-hybridized carbons (Fsp3) is 0.120. The lowest BCUT2D eigenvalue weighted by Gasteiger charge is -2.26. The number of Topliss-reactive ketones (excluding diaryl/α,β-unsaturated/α-hetero) is 1. The largest absolute Gasteiger partial charge is 0.507 e. The Morgan fingerprint density at radius 3 is 2.18 bits per heavy atom. The van der Waals surface area contributed by atoms with Crippen molar-refractivity contribution in [3.63, 3.8) is 0 Å². The van der Waals surface area contributed by atoms with Gasteiger partial charge in [-0.05, 0) is 42.0 Å². The molecule has 4 rings (SSSR count). The van der Waals surface area contributed by atoms with Gasteiger partial charge in [0.05, 0.1) is 30.8 Å². The van der Waals surface area contributed by atoms with E-state index in [0.717, 1.165) is 0 Å². The molecule has 1 aliphatic heterocycles. The number of ketones is 1. The van der Waals surface area contributed by atoms with Crippen molar-refractivity contribution in [3.05, 3.63) is 99.6 Å². The van der Waals surface area contributed by atoms with E-state index in [1.807, 2.05) is 0 Å². The number of methoxy groups -OCH3 is 2. The van der Waals surface area contributed by atoms with Crippen molar-refractivity contribution in [2.24, 2.45) is 0 Å². The van der Waals surface area contributed by atoms with Crippen LogP contribution in [-0.2, 0) is 9.59 Å². The fourth-order valence-corrected chi connectivity index (χ4v) is 3.92. The summed E-state index contributed by atoms with van der Waals surface area (Å²) in [5.41, 5.74) is 0.825. The predicted molar refractivity (Wildman–Crippen MR) is 124 cm³/mol. The van der Waals surface area contributed by atoms with Crippen molar-refractivity contribution in [2.45, 2.75) is 6.04 Å². The summed E-state index contributed by atoms with van der Waals surface area (Å²) in [6.45, 7) is 0. The summed E-state index contributed by atoms with van der Waals surface area (Å²) >= 11 is 0. The Morgan fingerprint density at radius 1 is 0.941 bits per heavy atom. The Kier molecular flexibility index (Phi) is 6.01. The number of carbonyl (C=O) groups is 2. The molecule has 0 aromatic heterocycles. The standard InChI is InChI=1S/C25H20N2O7/c1-33-19-13-10-16(14-20(19)34-2)22-21(23(28)15-8-11-18(12-9-15)27(31)32)24(29)25(30)26(22)17-6-4-3-5-7-17/h3-14,22,28H,1-2H3/b23-21+/t22-/m0/s1. The van der Waals surface area contributed by atoms with Crippen molar-refractivity contribution in [2.75, 3.05) is 19.1 Å². The lowest BCUT2D eigenvalue weighted by molar-refractivity contribution is -0.384. The van der Waals surface area contributed by atoms with E-state index in [1.165, 1.54) is 43.4 Å². The van der Waals surface area contributed by atoms with Crippen molar-refractivity contribution in [3.8, 4) is 11.5 Å². The maximum atomic E-state index is 13.2. The average molecular weight is 460 g/mol. The Bertz CT molecular complexity index is 1300. The van der Waals surface area contributed by atoms with Gasteiger partial charge in [0.15, 0.2) is 11.5 Å². The maximum Gasteiger partial charge on any atom is 0.300 e. The summed E-state index contributed by atoms with van der Waals surface area (Å²) in [5, 5.41) is 22.1. The predicted octanol–water partition coefficient (Wildman–Crippen LogP) is 4.24. The van der Waals surface area contributed by atoms with Crippen LogP contribution in [0.25, 0.3) is 5.76 Å². The highest BCUT2D eigenvalue weighted by atomic mass is 16.6. The molecule has 0 unspecified atom stereocenters. The van der Waals surface area contributed by atoms with Crippen LogP contribution in [0.2, 0.25) is 0 Å². The molecule has 172 valence electrons. The third-order valence-electron chi connectivity index (χ3n) is 5.55. The second-order valence-corrected chi connectivity index (χ2v) is 7.42. The number of non-ortho nitro benzene ring substituents is 1. The van der Waals surface area contributed by atoms with Crippen LogP contribution in [0.5, 0.6) is 11.5 Å². The van der Waals surface area contributed by atoms with Gasteiger partial charge in [0, 0.05) is 23.4 Å². The van der Waals surface area contributed by atoms with E-state index in [1.54, 1.807) is 48.5 Å². The van der Waals surface area contributed by atoms with E-state index in [2.05, 4.69) is 0 Å². The minimum Gasteiger partial charge on any atom is -0.507 e. The molecular formula is C25H20N2O7. The number of hydrogen-bond donors (Lipinski definition) is 1. The lowest BCUT2D eigenvalue weighted by Crippen LogP contribution is -2.29. The summed E-state index contributed by atoms with van der Waals surface area (Å²) in [6, 6.07) is 17.7. The number of benzene rings is 3. The highest BCUT2D eigenvalue weighted by Gasteiger charge is 2.47. The molecule has 3 aromatic rings. The zero-order valence-electron chi connectivity index (χ0n) is 18.3.